The molecular formula is C15H25ClN2. The lowest BCUT2D eigenvalue weighted by Crippen LogP contribution is -2.35. The van der Waals surface area contributed by atoms with E-state index in [2.05, 4.69) is 31.1 Å². The highest BCUT2D eigenvalue weighted by molar-refractivity contribution is 6.31. The van der Waals surface area contributed by atoms with Gasteiger partial charge in [0.2, 0.25) is 0 Å². The normalized spacial score (nSPS) is 11.8. The second kappa shape index (κ2) is 7.75. The molecule has 0 fully saturated rings. The second-order valence-electron chi connectivity index (χ2n) is 5.03. The molecule has 0 aliphatic heterocycles. The third kappa shape index (κ3) is 4.25. The molecule has 1 N–H and O–H groups in total. The van der Waals surface area contributed by atoms with Gasteiger partial charge in [0.25, 0.3) is 0 Å². The Kier molecular flexibility index (Phi) is 6.66. The first-order valence-corrected chi connectivity index (χ1v) is 7.34. The Bertz CT molecular complexity index is 348. The van der Waals surface area contributed by atoms with Gasteiger partial charge < -0.3 is 5.32 Å². The van der Waals surface area contributed by atoms with Crippen molar-refractivity contribution in [3.63, 3.8) is 0 Å². The van der Waals surface area contributed by atoms with Crippen LogP contribution in [0.15, 0.2) is 18.5 Å². The number of nitrogens with zero attached hydrogens (tertiary/aromatic N) is 1. The van der Waals surface area contributed by atoms with Gasteiger partial charge >= 0.3 is 0 Å². The van der Waals surface area contributed by atoms with E-state index in [1.807, 2.05) is 12.3 Å². The zero-order valence-electron chi connectivity index (χ0n) is 11.8. The summed E-state index contributed by atoms with van der Waals surface area (Å²) in [6.45, 7) is 8.89. The highest BCUT2D eigenvalue weighted by atomic mass is 35.5. The SMILES string of the molecule is CCCNCC(CC)(CC)Cc1ccncc1Cl. The summed E-state index contributed by atoms with van der Waals surface area (Å²) >= 11 is 6.22. The lowest BCUT2D eigenvalue weighted by atomic mass is 9.77. The van der Waals surface area contributed by atoms with Gasteiger partial charge in [-0.1, -0.05) is 32.4 Å². The van der Waals surface area contributed by atoms with E-state index in [0.29, 0.717) is 5.41 Å². The van der Waals surface area contributed by atoms with Gasteiger partial charge in [-0.25, -0.2) is 0 Å². The standard InChI is InChI=1S/C15H25ClN2/c1-4-8-18-12-15(5-2,6-3)10-13-7-9-17-11-14(13)16/h7,9,11,18H,4-6,8,10,12H2,1-3H3. The van der Waals surface area contributed by atoms with Crippen molar-refractivity contribution in [3.05, 3.63) is 29.0 Å². The third-order valence-corrected chi connectivity index (χ3v) is 4.19. The minimum Gasteiger partial charge on any atom is -0.316 e. The zero-order chi connectivity index (χ0) is 13.4. The van der Waals surface area contributed by atoms with Crippen LogP contribution in [-0.2, 0) is 6.42 Å². The maximum Gasteiger partial charge on any atom is 0.0621 e. The molecule has 0 spiro atoms. The molecule has 18 heavy (non-hydrogen) atoms. The van der Waals surface area contributed by atoms with E-state index < -0.39 is 0 Å². The molecule has 0 aromatic carbocycles. The van der Waals surface area contributed by atoms with E-state index in [1.165, 1.54) is 24.8 Å². The Labute approximate surface area is 116 Å². The number of rotatable bonds is 8. The van der Waals surface area contributed by atoms with Crippen LogP contribution in [0.5, 0.6) is 0 Å². The van der Waals surface area contributed by atoms with Crippen molar-refractivity contribution in [1.29, 1.82) is 0 Å². The smallest absolute Gasteiger partial charge is 0.0621 e. The average molecular weight is 269 g/mol. The van der Waals surface area contributed by atoms with Crippen molar-refractivity contribution in [2.45, 2.75) is 46.5 Å². The van der Waals surface area contributed by atoms with Crippen LogP contribution in [0.4, 0.5) is 0 Å². The maximum absolute atomic E-state index is 6.22. The molecule has 0 saturated heterocycles. The molecule has 0 bridgehead atoms. The van der Waals surface area contributed by atoms with Crippen LogP contribution in [0.3, 0.4) is 0 Å². The fraction of sp³-hybridized carbons (Fsp3) is 0.667. The van der Waals surface area contributed by atoms with E-state index in [0.717, 1.165) is 24.5 Å². The summed E-state index contributed by atoms with van der Waals surface area (Å²) < 4.78 is 0. The molecular weight excluding hydrogens is 244 g/mol. The predicted molar refractivity (Wildman–Crippen MR) is 79.1 cm³/mol. The molecule has 0 amide bonds. The largest absolute Gasteiger partial charge is 0.316 e. The number of aromatic nitrogens is 1. The quantitative estimate of drug-likeness (QED) is 0.719. The highest BCUT2D eigenvalue weighted by Crippen LogP contribution is 2.32. The molecule has 0 aliphatic carbocycles. The van der Waals surface area contributed by atoms with Gasteiger partial charge in [-0.15, -0.1) is 0 Å². The maximum atomic E-state index is 6.22. The molecule has 2 nitrogen and oxygen atoms in total. The van der Waals surface area contributed by atoms with E-state index in [9.17, 15) is 0 Å². The first-order valence-electron chi connectivity index (χ1n) is 6.96. The summed E-state index contributed by atoms with van der Waals surface area (Å²) in [4.78, 5) is 4.05. The third-order valence-electron chi connectivity index (χ3n) is 3.85. The lowest BCUT2D eigenvalue weighted by molar-refractivity contribution is 0.247. The van der Waals surface area contributed by atoms with Crippen molar-refractivity contribution in [2.24, 2.45) is 5.41 Å². The van der Waals surface area contributed by atoms with Crippen LogP contribution < -0.4 is 5.32 Å². The molecule has 1 aromatic heterocycles. The number of pyridine rings is 1. The molecule has 1 rings (SSSR count). The zero-order valence-corrected chi connectivity index (χ0v) is 12.6. The Morgan fingerprint density at radius 3 is 2.56 bits per heavy atom. The highest BCUT2D eigenvalue weighted by Gasteiger charge is 2.26. The van der Waals surface area contributed by atoms with Crippen molar-refractivity contribution in [2.75, 3.05) is 13.1 Å². The summed E-state index contributed by atoms with van der Waals surface area (Å²) in [7, 11) is 0. The molecule has 0 unspecified atom stereocenters. The number of halogens is 1. The van der Waals surface area contributed by atoms with Crippen LogP contribution in [-0.4, -0.2) is 18.1 Å². The second-order valence-corrected chi connectivity index (χ2v) is 5.43. The van der Waals surface area contributed by atoms with Gasteiger partial charge in [-0.2, -0.15) is 0 Å². The minimum atomic E-state index is 0.306. The summed E-state index contributed by atoms with van der Waals surface area (Å²) in [6.07, 6.45) is 8.11. The summed E-state index contributed by atoms with van der Waals surface area (Å²) in [5.41, 5.74) is 1.52. The molecule has 0 aliphatic rings. The van der Waals surface area contributed by atoms with E-state index in [4.69, 9.17) is 11.6 Å². The van der Waals surface area contributed by atoms with Crippen molar-refractivity contribution < 1.29 is 0 Å². The van der Waals surface area contributed by atoms with Crippen molar-refractivity contribution in [1.82, 2.24) is 10.3 Å². The van der Waals surface area contributed by atoms with Gasteiger partial charge in [0.1, 0.15) is 0 Å². The topological polar surface area (TPSA) is 24.9 Å². The summed E-state index contributed by atoms with van der Waals surface area (Å²) in [5.74, 6) is 0. The molecule has 102 valence electrons. The van der Waals surface area contributed by atoms with Crippen LogP contribution in [0.2, 0.25) is 5.02 Å². The van der Waals surface area contributed by atoms with Crippen molar-refractivity contribution >= 4 is 11.6 Å². The van der Waals surface area contributed by atoms with E-state index in [1.54, 1.807) is 6.20 Å². The van der Waals surface area contributed by atoms with Gasteiger partial charge in [0.15, 0.2) is 0 Å². The first-order chi connectivity index (χ1) is 8.67. The molecule has 3 heteroatoms. The fourth-order valence-corrected chi connectivity index (χ4v) is 2.48. The molecule has 0 saturated carbocycles. The van der Waals surface area contributed by atoms with Gasteiger partial charge in [-0.3, -0.25) is 4.98 Å². The Balaban J connectivity index is 2.75. The van der Waals surface area contributed by atoms with Gasteiger partial charge in [0.05, 0.1) is 5.02 Å². The van der Waals surface area contributed by atoms with Gasteiger partial charge in [-0.05, 0) is 49.3 Å². The predicted octanol–water partition coefficient (Wildman–Crippen LogP) is 4.08. The monoisotopic (exact) mass is 268 g/mol. The summed E-state index contributed by atoms with van der Waals surface area (Å²) in [5, 5.41) is 4.35. The van der Waals surface area contributed by atoms with Crippen LogP contribution >= 0.6 is 11.6 Å². The average Bonchev–Trinajstić information content (AvgIpc) is 2.40. The minimum absolute atomic E-state index is 0.306. The first kappa shape index (κ1) is 15.5. The Morgan fingerprint density at radius 2 is 2.00 bits per heavy atom. The van der Waals surface area contributed by atoms with Crippen LogP contribution in [0, 0.1) is 5.41 Å². The Morgan fingerprint density at radius 1 is 1.28 bits per heavy atom. The van der Waals surface area contributed by atoms with Crippen LogP contribution in [0.1, 0.15) is 45.6 Å². The van der Waals surface area contributed by atoms with Crippen molar-refractivity contribution in [3.8, 4) is 0 Å². The van der Waals surface area contributed by atoms with Crippen LogP contribution in [0.25, 0.3) is 0 Å². The van der Waals surface area contributed by atoms with E-state index >= 15 is 0 Å². The molecule has 1 aromatic rings. The molecule has 1 heterocycles. The molecule has 0 radical (unpaired) electrons. The number of hydrogen-bond donors (Lipinski definition) is 1. The Hall–Kier alpha value is -0.600. The fourth-order valence-electron chi connectivity index (χ4n) is 2.29. The van der Waals surface area contributed by atoms with E-state index in [-0.39, 0.29) is 0 Å². The number of nitrogens with one attached hydrogen (secondary N) is 1. The van der Waals surface area contributed by atoms with Gasteiger partial charge in [0, 0.05) is 18.9 Å². The summed E-state index contributed by atoms with van der Waals surface area (Å²) in [6, 6.07) is 2.04. The molecule has 0 atom stereocenters. The number of hydrogen-bond acceptors (Lipinski definition) is 2. The lowest BCUT2D eigenvalue weighted by Gasteiger charge is -2.32.